The summed E-state index contributed by atoms with van der Waals surface area (Å²) < 4.78 is 12.1. The molecule has 4 aliphatic rings. The van der Waals surface area contributed by atoms with Gasteiger partial charge in [-0.1, -0.05) is 12.1 Å². The first-order valence-electron chi connectivity index (χ1n) is 12.0. The second-order valence-corrected chi connectivity index (χ2v) is 10.2. The fourth-order valence-corrected chi connectivity index (χ4v) is 6.46. The molecule has 0 unspecified atom stereocenters. The molecule has 1 spiro atoms. The Morgan fingerprint density at radius 2 is 2.08 bits per heavy atom. The number of nitrogens with one attached hydrogen (secondary N) is 1. The number of piperidine rings is 1. The highest BCUT2D eigenvalue weighted by Gasteiger charge is 2.71. The Kier molecular flexibility index (Phi) is 5.86. The Morgan fingerprint density at radius 3 is 2.78 bits per heavy atom. The van der Waals surface area contributed by atoms with Crippen LogP contribution in [0.5, 0.6) is 5.75 Å². The highest BCUT2D eigenvalue weighted by atomic mass is 16.6. The molecule has 11 heteroatoms. The van der Waals surface area contributed by atoms with Crippen molar-refractivity contribution in [3.8, 4) is 5.75 Å². The summed E-state index contributed by atoms with van der Waals surface area (Å²) in [5.74, 6) is -2.39. The van der Waals surface area contributed by atoms with Crippen molar-refractivity contribution in [3.63, 3.8) is 0 Å². The minimum atomic E-state index is -1.88. The standard InChI is InChI=1S/C25H30N2O9/c1-12(26-18(30)10-15(29)22(31)32)23(33)35-16-5-6-25(34)17-9-13-3-4-14(11-28)20-19(13)24(25,21(16)36-20)7-8-27(17)2/h3-5,12,15,17,21,28-29,34H,6-11H2,1-2H3,(H,26,30)(H,31,32)/t12-,15-,17+,21-,24-,25+/m0/s1. The Morgan fingerprint density at radius 1 is 1.33 bits per heavy atom. The van der Waals surface area contributed by atoms with E-state index in [1.165, 1.54) is 6.92 Å². The number of nitrogens with zero attached hydrogens (tertiary/aromatic N) is 1. The summed E-state index contributed by atoms with van der Waals surface area (Å²) in [6.45, 7) is 1.86. The summed E-state index contributed by atoms with van der Waals surface area (Å²) in [5.41, 5.74) is 0.480. The fraction of sp³-hybridized carbons (Fsp3) is 0.560. The number of carbonyl (C=O) groups is 3. The van der Waals surface area contributed by atoms with Crippen LogP contribution in [0.4, 0.5) is 0 Å². The van der Waals surface area contributed by atoms with Gasteiger partial charge < -0.3 is 40.1 Å². The van der Waals surface area contributed by atoms with Gasteiger partial charge in [-0.3, -0.25) is 4.79 Å². The van der Waals surface area contributed by atoms with Gasteiger partial charge in [-0.2, -0.15) is 0 Å². The highest BCUT2D eigenvalue weighted by Crippen LogP contribution is 2.64. The van der Waals surface area contributed by atoms with Gasteiger partial charge in [0.1, 0.15) is 17.6 Å². The number of rotatable bonds is 7. The van der Waals surface area contributed by atoms with Gasteiger partial charge in [0, 0.05) is 23.6 Å². The van der Waals surface area contributed by atoms with Gasteiger partial charge >= 0.3 is 11.9 Å². The predicted molar refractivity (Wildman–Crippen MR) is 123 cm³/mol. The lowest BCUT2D eigenvalue weighted by Crippen LogP contribution is -2.74. The van der Waals surface area contributed by atoms with E-state index in [0.717, 1.165) is 11.1 Å². The van der Waals surface area contributed by atoms with Crippen molar-refractivity contribution in [1.29, 1.82) is 0 Å². The minimum Gasteiger partial charge on any atom is -0.481 e. The van der Waals surface area contributed by atoms with E-state index >= 15 is 0 Å². The number of aliphatic hydroxyl groups excluding tert-OH is 2. The van der Waals surface area contributed by atoms with Crippen LogP contribution < -0.4 is 10.1 Å². The van der Waals surface area contributed by atoms with E-state index in [9.17, 15) is 29.7 Å². The van der Waals surface area contributed by atoms with Crippen LogP contribution in [0.2, 0.25) is 0 Å². The van der Waals surface area contributed by atoms with E-state index in [-0.39, 0.29) is 24.8 Å². The van der Waals surface area contributed by atoms with Crippen molar-refractivity contribution in [1.82, 2.24) is 10.2 Å². The van der Waals surface area contributed by atoms with Crippen molar-refractivity contribution in [2.45, 2.75) is 74.5 Å². The number of likely N-dealkylation sites (tertiary alicyclic amines) is 1. The van der Waals surface area contributed by atoms with E-state index in [1.807, 2.05) is 19.2 Å². The number of hydrogen-bond donors (Lipinski definition) is 5. The van der Waals surface area contributed by atoms with Gasteiger partial charge in [0.2, 0.25) is 5.91 Å². The number of hydrogen-bond acceptors (Lipinski definition) is 9. The molecule has 1 fully saturated rings. The number of benzene rings is 1. The molecule has 2 aliphatic carbocycles. The van der Waals surface area contributed by atoms with Crippen molar-refractivity contribution < 1.29 is 44.3 Å². The molecule has 5 N–H and O–H groups in total. The normalized spacial score (nSPS) is 31.4. The third-order valence-corrected chi connectivity index (χ3v) is 8.24. The lowest BCUT2D eigenvalue weighted by molar-refractivity contribution is -0.170. The second-order valence-electron chi connectivity index (χ2n) is 10.2. The molecular formula is C25H30N2O9. The van der Waals surface area contributed by atoms with Crippen molar-refractivity contribution in [2.24, 2.45) is 0 Å². The van der Waals surface area contributed by atoms with E-state index in [0.29, 0.717) is 30.7 Å². The maximum absolute atomic E-state index is 12.9. The smallest absolute Gasteiger partial charge is 0.333 e. The number of carbonyl (C=O) groups excluding carboxylic acids is 2. The average Bonchev–Trinajstić information content (AvgIpc) is 3.18. The first kappa shape index (κ1) is 24.7. The largest absolute Gasteiger partial charge is 0.481 e. The summed E-state index contributed by atoms with van der Waals surface area (Å²) in [7, 11) is 1.99. The molecule has 0 aromatic heterocycles. The summed E-state index contributed by atoms with van der Waals surface area (Å²) in [6.07, 6.45) is -0.292. The van der Waals surface area contributed by atoms with Crippen molar-refractivity contribution in [3.05, 3.63) is 40.7 Å². The topological polar surface area (TPSA) is 166 Å². The number of ether oxygens (including phenoxy) is 2. The van der Waals surface area contributed by atoms with Crippen LogP contribution in [0.25, 0.3) is 0 Å². The third kappa shape index (κ3) is 3.37. The molecule has 36 heavy (non-hydrogen) atoms. The van der Waals surface area contributed by atoms with E-state index in [4.69, 9.17) is 14.6 Å². The Labute approximate surface area is 207 Å². The van der Waals surface area contributed by atoms with Crippen molar-refractivity contribution >= 4 is 17.8 Å². The predicted octanol–water partition coefficient (Wildman–Crippen LogP) is -0.660. The van der Waals surface area contributed by atoms with Crippen LogP contribution in [0, 0.1) is 0 Å². The average molecular weight is 503 g/mol. The maximum Gasteiger partial charge on any atom is 0.333 e. The highest BCUT2D eigenvalue weighted by molar-refractivity contribution is 5.87. The first-order valence-corrected chi connectivity index (χ1v) is 12.0. The molecule has 6 atom stereocenters. The second kappa shape index (κ2) is 8.55. The van der Waals surface area contributed by atoms with Gasteiger partial charge in [-0.15, -0.1) is 0 Å². The van der Waals surface area contributed by atoms with Crippen LogP contribution in [-0.2, 0) is 37.6 Å². The molecule has 1 saturated heterocycles. The van der Waals surface area contributed by atoms with Crippen LogP contribution in [-0.4, -0.2) is 86.7 Å². The SMILES string of the molecule is C[C@H](NC(=O)C[C@H](O)C(=O)O)C(=O)OC1=CC[C@@]2(O)[C@H]3Cc4ccc(CO)c5c4[C@@]2(CCN3C)[C@H]1O5. The molecule has 1 aromatic carbocycles. The van der Waals surface area contributed by atoms with Crippen LogP contribution in [0.1, 0.15) is 42.9 Å². The number of likely N-dealkylation sites (N-methyl/N-ethyl adjacent to an activating group) is 1. The summed E-state index contributed by atoms with van der Waals surface area (Å²) in [5, 5.41) is 42.6. The maximum atomic E-state index is 12.9. The Hall–Kier alpha value is -2.99. The zero-order chi connectivity index (χ0) is 26.0. The van der Waals surface area contributed by atoms with Gasteiger partial charge in [0.05, 0.1) is 24.0 Å². The first-order chi connectivity index (χ1) is 17.0. The number of aliphatic hydroxyl groups is 3. The van der Waals surface area contributed by atoms with Crippen molar-refractivity contribution in [2.75, 3.05) is 13.6 Å². The molecule has 11 nitrogen and oxygen atoms in total. The summed E-state index contributed by atoms with van der Waals surface area (Å²) in [6, 6.07) is 2.50. The molecule has 1 aromatic rings. The Bertz CT molecular complexity index is 1170. The quantitative estimate of drug-likeness (QED) is 0.302. The van der Waals surface area contributed by atoms with Crippen LogP contribution >= 0.6 is 0 Å². The molecule has 5 rings (SSSR count). The lowest BCUT2D eigenvalue weighted by Gasteiger charge is -2.61. The van der Waals surface area contributed by atoms with E-state index in [1.54, 1.807) is 6.08 Å². The minimum absolute atomic E-state index is 0.164. The summed E-state index contributed by atoms with van der Waals surface area (Å²) >= 11 is 0. The zero-order valence-electron chi connectivity index (χ0n) is 20.1. The Balaban J connectivity index is 1.44. The molecule has 2 bridgehead atoms. The molecular weight excluding hydrogens is 472 g/mol. The molecule has 2 heterocycles. The van der Waals surface area contributed by atoms with Gasteiger partial charge in [0.15, 0.2) is 12.2 Å². The number of amides is 1. The number of esters is 1. The van der Waals surface area contributed by atoms with Gasteiger partial charge in [-0.25, -0.2) is 9.59 Å². The van der Waals surface area contributed by atoms with Gasteiger partial charge in [-0.05, 0) is 45.0 Å². The fourth-order valence-electron chi connectivity index (χ4n) is 6.46. The van der Waals surface area contributed by atoms with E-state index in [2.05, 4.69) is 10.2 Å². The molecule has 2 aliphatic heterocycles. The number of carboxylic acid groups (broad SMARTS) is 1. The number of carboxylic acids is 1. The molecule has 194 valence electrons. The monoisotopic (exact) mass is 502 g/mol. The third-order valence-electron chi connectivity index (χ3n) is 8.24. The van der Waals surface area contributed by atoms with Gasteiger partial charge in [0.25, 0.3) is 0 Å². The zero-order valence-corrected chi connectivity index (χ0v) is 20.1. The van der Waals surface area contributed by atoms with Crippen LogP contribution in [0.3, 0.4) is 0 Å². The van der Waals surface area contributed by atoms with E-state index < -0.39 is 53.5 Å². The molecule has 0 saturated carbocycles. The molecule has 1 amide bonds. The number of aliphatic carboxylic acids is 1. The molecule has 0 radical (unpaired) electrons. The van der Waals surface area contributed by atoms with Crippen LogP contribution in [0.15, 0.2) is 24.0 Å². The lowest BCUT2D eigenvalue weighted by atomic mass is 9.50. The summed E-state index contributed by atoms with van der Waals surface area (Å²) in [4.78, 5) is 37.8.